The molecule has 0 aromatic heterocycles. The second-order valence-electron chi connectivity index (χ2n) is 4.67. The molecule has 14 heavy (non-hydrogen) atoms. The van der Waals surface area contributed by atoms with E-state index in [-0.39, 0.29) is 0 Å². The molecule has 0 bridgehead atoms. The minimum absolute atomic E-state index is 0.487. The Hall–Kier alpha value is -0.820. The van der Waals surface area contributed by atoms with Crippen LogP contribution in [0, 0.1) is 0 Å². The van der Waals surface area contributed by atoms with Gasteiger partial charge in [-0.1, -0.05) is 36.8 Å². The zero-order chi connectivity index (χ0) is 9.43. The monoisotopic (exact) mass is 187 g/mol. The van der Waals surface area contributed by atoms with Crippen molar-refractivity contribution < 1.29 is 0 Å². The second-order valence-corrected chi connectivity index (χ2v) is 4.67. The maximum absolute atomic E-state index is 3.66. The lowest BCUT2D eigenvalue weighted by atomic mass is 9.76. The van der Waals surface area contributed by atoms with Gasteiger partial charge in [0.25, 0.3) is 0 Å². The fourth-order valence-corrected chi connectivity index (χ4v) is 3.40. The summed E-state index contributed by atoms with van der Waals surface area (Å²) in [6, 6.07) is 11.9. The summed E-state index contributed by atoms with van der Waals surface area (Å²) in [5.41, 5.74) is 2.05. The van der Waals surface area contributed by atoms with Gasteiger partial charge in [-0.15, -0.1) is 0 Å². The van der Waals surface area contributed by atoms with Gasteiger partial charge in [-0.25, -0.2) is 0 Å². The molecule has 1 heteroatoms. The molecule has 1 saturated carbocycles. The predicted molar refractivity (Wildman–Crippen MR) is 58.4 cm³/mol. The summed E-state index contributed by atoms with van der Waals surface area (Å²) in [6.45, 7) is 1.21. The van der Waals surface area contributed by atoms with Crippen LogP contribution in [-0.4, -0.2) is 12.6 Å². The zero-order valence-electron chi connectivity index (χ0n) is 8.50. The minimum Gasteiger partial charge on any atom is -0.313 e. The summed E-state index contributed by atoms with van der Waals surface area (Å²) in [5, 5.41) is 3.66. The Bertz CT molecular complexity index is 307. The van der Waals surface area contributed by atoms with Crippen molar-refractivity contribution in [2.24, 2.45) is 0 Å². The Balaban J connectivity index is 2.03. The molecule has 2 aliphatic rings. The molecular formula is C13H17N. The molecule has 0 radical (unpaired) electrons. The van der Waals surface area contributed by atoms with E-state index in [2.05, 4.69) is 35.6 Å². The molecule has 0 amide bonds. The van der Waals surface area contributed by atoms with E-state index < -0.39 is 0 Å². The lowest BCUT2D eigenvalue weighted by Crippen LogP contribution is -2.34. The highest BCUT2D eigenvalue weighted by Crippen LogP contribution is 2.46. The van der Waals surface area contributed by atoms with Crippen LogP contribution < -0.4 is 5.32 Å². The molecule has 3 rings (SSSR count). The second kappa shape index (κ2) is 3.09. The molecule has 1 saturated heterocycles. The zero-order valence-corrected chi connectivity index (χ0v) is 8.50. The smallest absolute Gasteiger partial charge is 0.0164 e. The summed E-state index contributed by atoms with van der Waals surface area (Å²) in [5.74, 6) is 0. The summed E-state index contributed by atoms with van der Waals surface area (Å²) < 4.78 is 0. The molecule has 1 nitrogen and oxygen atoms in total. The molecule has 2 unspecified atom stereocenters. The largest absolute Gasteiger partial charge is 0.313 e. The van der Waals surface area contributed by atoms with E-state index in [0.29, 0.717) is 5.41 Å². The lowest BCUT2D eigenvalue weighted by molar-refractivity contribution is 0.422. The van der Waals surface area contributed by atoms with Crippen LogP contribution in [0.3, 0.4) is 0 Å². The predicted octanol–water partition coefficient (Wildman–Crippen LogP) is 2.47. The van der Waals surface area contributed by atoms with E-state index in [9.17, 15) is 0 Å². The van der Waals surface area contributed by atoms with E-state index in [4.69, 9.17) is 0 Å². The average Bonchev–Trinajstić information content (AvgIpc) is 2.77. The van der Waals surface area contributed by atoms with Crippen molar-refractivity contribution in [1.29, 1.82) is 0 Å². The molecule has 2 atom stereocenters. The van der Waals surface area contributed by atoms with E-state index in [0.717, 1.165) is 6.04 Å². The Morgan fingerprint density at radius 2 is 2.00 bits per heavy atom. The first-order chi connectivity index (χ1) is 6.92. The summed E-state index contributed by atoms with van der Waals surface area (Å²) in [7, 11) is 0. The van der Waals surface area contributed by atoms with Gasteiger partial charge in [0.2, 0.25) is 0 Å². The Labute approximate surface area is 85.5 Å². The molecule has 2 fully saturated rings. The first-order valence-electron chi connectivity index (χ1n) is 5.71. The van der Waals surface area contributed by atoms with Gasteiger partial charge in [-0.05, 0) is 31.4 Å². The van der Waals surface area contributed by atoms with Gasteiger partial charge in [0.1, 0.15) is 0 Å². The van der Waals surface area contributed by atoms with Crippen molar-refractivity contribution in [3.8, 4) is 0 Å². The lowest BCUT2D eigenvalue weighted by Gasteiger charge is -2.29. The van der Waals surface area contributed by atoms with E-state index in [1.54, 1.807) is 5.56 Å². The van der Waals surface area contributed by atoms with Crippen LogP contribution >= 0.6 is 0 Å². The van der Waals surface area contributed by atoms with Gasteiger partial charge in [0, 0.05) is 11.5 Å². The number of fused-ring (bicyclic) bond motifs is 1. The maximum Gasteiger partial charge on any atom is 0.0164 e. The molecular weight excluding hydrogens is 170 g/mol. The number of benzene rings is 1. The molecule has 1 heterocycles. The third-order valence-electron chi connectivity index (χ3n) is 4.09. The highest BCUT2D eigenvalue weighted by molar-refractivity contribution is 5.31. The third kappa shape index (κ3) is 1.05. The third-order valence-corrected chi connectivity index (χ3v) is 4.09. The molecule has 1 aromatic carbocycles. The molecule has 74 valence electrons. The van der Waals surface area contributed by atoms with Crippen LogP contribution in [-0.2, 0) is 5.41 Å². The summed E-state index contributed by atoms with van der Waals surface area (Å²) in [6.07, 6.45) is 5.48. The standard InChI is InChI=1S/C13H17N/c1-2-5-11(6-3-1)13-8-4-7-12(13)14-10-9-13/h1-3,5-6,12,14H,4,7-10H2. The molecule has 1 aromatic rings. The fourth-order valence-electron chi connectivity index (χ4n) is 3.40. The Morgan fingerprint density at radius 3 is 2.86 bits per heavy atom. The van der Waals surface area contributed by atoms with Crippen molar-refractivity contribution in [1.82, 2.24) is 5.32 Å². The van der Waals surface area contributed by atoms with Gasteiger partial charge in [0.15, 0.2) is 0 Å². The van der Waals surface area contributed by atoms with E-state index in [1.165, 1.54) is 32.2 Å². The minimum atomic E-state index is 0.487. The van der Waals surface area contributed by atoms with E-state index in [1.807, 2.05) is 0 Å². The van der Waals surface area contributed by atoms with Crippen molar-refractivity contribution in [3.63, 3.8) is 0 Å². The van der Waals surface area contributed by atoms with Crippen LogP contribution in [0.4, 0.5) is 0 Å². The van der Waals surface area contributed by atoms with Gasteiger partial charge in [-0.3, -0.25) is 0 Å². The Morgan fingerprint density at radius 1 is 1.14 bits per heavy atom. The van der Waals surface area contributed by atoms with Crippen LogP contribution in [0.2, 0.25) is 0 Å². The Kier molecular flexibility index (Phi) is 1.88. The highest BCUT2D eigenvalue weighted by Gasteiger charge is 2.46. The number of hydrogen-bond donors (Lipinski definition) is 1. The van der Waals surface area contributed by atoms with Crippen LogP contribution in [0.5, 0.6) is 0 Å². The topological polar surface area (TPSA) is 12.0 Å². The normalized spacial score (nSPS) is 35.9. The van der Waals surface area contributed by atoms with Gasteiger partial charge in [0.05, 0.1) is 0 Å². The fraction of sp³-hybridized carbons (Fsp3) is 0.538. The van der Waals surface area contributed by atoms with Crippen LogP contribution in [0.25, 0.3) is 0 Å². The van der Waals surface area contributed by atoms with Crippen molar-refractivity contribution >= 4 is 0 Å². The van der Waals surface area contributed by atoms with Crippen LogP contribution in [0.15, 0.2) is 30.3 Å². The number of nitrogens with one attached hydrogen (secondary N) is 1. The summed E-state index contributed by atoms with van der Waals surface area (Å²) in [4.78, 5) is 0. The first-order valence-corrected chi connectivity index (χ1v) is 5.71. The average molecular weight is 187 g/mol. The van der Waals surface area contributed by atoms with Gasteiger partial charge in [-0.2, -0.15) is 0 Å². The van der Waals surface area contributed by atoms with Crippen molar-refractivity contribution in [3.05, 3.63) is 35.9 Å². The molecule has 1 aliphatic heterocycles. The number of hydrogen-bond acceptors (Lipinski definition) is 1. The molecule has 1 aliphatic carbocycles. The molecule has 0 spiro atoms. The van der Waals surface area contributed by atoms with Crippen LogP contribution in [0.1, 0.15) is 31.2 Å². The highest BCUT2D eigenvalue weighted by atomic mass is 15.0. The SMILES string of the molecule is c1ccc(C23CCCC2NCC3)cc1. The van der Waals surface area contributed by atoms with Gasteiger partial charge < -0.3 is 5.32 Å². The van der Waals surface area contributed by atoms with Crippen molar-refractivity contribution in [2.75, 3.05) is 6.54 Å². The maximum atomic E-state index is 3.66. The first kappa shape index (κ1) is 8.49. The van der Waals surface area contributed by atoms with Crippen molar-refractivity contribution in [2.45, 2.75) is 37.1 Å². The molecule has 1 N–H and O–H groups in total. The van der Waals surface area contributed by atoms with E-state index >= 15 is 0 Å². The van der Waals surface area contributed by atoms with Gasteiger partial charge >= 0.3 is 0 Å². The number of rotatable bonds is 1. The quantitative estimate of drug-likeness (QED) is 0.712. The summed E-state index contributed by atoms with van der Waals surface area (Å²) >= 11 is 0.